The molecule has 0 radical (unpaired) electrons. The summed E-state index contributed by atoms with van der Waals surface area (Å²) in [6.45, 7) is 2.36. The summed E-state index contributed by atoms with van der Waals surface area (Å²) in [4.78, 5) is 56.5. The van der Waals surface area contributed by atoms with Gasteiger partial charge in [0.05, 0.1) is 35.6 Å². The number of halogens is 1. The second-order valence-electron chi connectivity index (χ2n) is 8.98. The fourth-order valence-corrected chi connectivity index (χ4v) is 4.67. The Morgan fingerprint density at radius 3 is 2.67 bits per heavy atom. The van der Waals surface area contributed by atoms with Crippen LogP contribution >= 0.6 is 12.4 Å². The Labute approximate surface area is 212 Å². The molecule has 36 heavy (non-hydrogen) atoms. The zero-order valence-electron chi connectivity index (χ0n) is 19.7. The molecule has 5 rings (SSSR count). The number of nitrogens with two attached hydrogens (primary N) is 2. The number of cyclic esters (lactones) is 1. The monoisotopic (exact) mass is 512 g/mol. The first kappa shape index (κ1) is 25.5. The minimum Gasteiger partial charge on any atom is -0.457 e. The molecule has 10 nitrogen and oxygen atoms in total. The van der Waals surface area contributed by atoms with Crippen molar-refractivity contribution < 1.29 is 23.9 Å². The first-order chi connectivity index (χ1) is 16.6. The Bertz CT molecular complexity index is 1500. The van der Waals surface area contributed by atoms with Gasteiger partial charge in [0.2, 0.25) is 5.60 Å². The third-order valence-electron chi connectivity index (χ3n) is 6.84. The van der Waals surface area contributed by atoms with Gasteiger partial charge in [0.25, 0.3) is 5.56 Å². The number of nitrogens with zero attached hydrogens (tertiary/aromatic N) is 2. The van der Waals surface area contributed by atoms with Crippen LogP contribution in [0.25, 0.3) is 22.3 Å². The van der Waals surface area contributed by atoms with E-state index in [1.807, 2.05) is 30.3 Å². The number of fused-ring (bicyclic) bond motifs is 5. The second kappa shape index (κ2) is 8.81. The van der Waals surface area contributed by atoms with Crippen LogP contribution in [-0.2, 0) is 42.6 Å². The zero-order chi connectivity index (χ0) is 25.1. The van der Waals surface area contributed by atoms with Crippen LogP contribution in [0.15, 0.2) is 41.2 Å². The maximum Gasteiger partial charge on any atom is 0.355 e. The van der Waals surface area contributed by atoms with E-state index >= 15 is 0 Å². The van der Waals surface area contributed by atoms with E-state index in [9.17, 15) is 19.2 Å². The third-order valence-corrected chi connectivity index (χ3v) is 6.84. The SMILES string of the molecule is CC[C@@]1(OC(=O)C(C)(N)C(=O)CN)C(=O)OCc2c1cc1n(c2=O)Cc2cc3ccccc3nc2-1.Cl. The van der Waals surface area contributed by atoms with Gasteiger partial charge in [0, 0.05) is 16.5 Å². The van der Waals surface area contributed by atoms with Gasteiger partial charge >= 0.3 is 11.9 Å². The molecule has 2 aliphatic heterocycles. The summed E-state index contributed by atoms with van der Waals surface area (Å²) in [5, 5.41) is 0.944. The lowest BCUT2D eigenvalue weighted by atomic mass is 9.85. The van der Waals surface area contributed by atoms with Crippen molar-refractivity contribution in [2.45, 2.75) is 44.6 Å². The summed E-state index contributed by atoms with van der Waals surface area (Å²) in [5.74, 6) is -2.73. The summed E-state index contributed by atoms with van der Waals surface area (Å²) in [5.41, 5.74) is 10.1. The predicted molar refractivity (Wildman–Crippen MR) is 132 cm³/mol. The average Bonchev–Trinajstić information content (AvgIpc) is 3.21. The summed E-state index contributed by atoms with van der Waals surface area (Å²) < 4.78 is 12.5. The van der Waals surface area contributed by atoms with Crippen molar-refractivity contribution >= 4 is 41.0 Å². The highest BCUT2D eigenvalue weighted by molar-refractivity contribution is 6.09. The van der Waals surface area contributed by atoms with Crippen LogP contribution in [0.3, 0.4) is 0 Å². The molecule has 2 aliphatic rings. The lowest BCUT2D eigenvalue weighted by molar-refractivity contribution is -0.192. The number of pyridine rings is 2. The summed E-state index contributed by atoms with van der Waals surface area (Å²) >= 11 is 0. The first-order valence-electron chi connectivity index (χ1n) is 11.2. The Morgan fingerprint density at radius 2 is 1.97 bits per heavy atom. The summed E-state index contributed by atoms with van der Waals surface area (Å²) in [7, 11) is 0. The molecule has 11 heteroatoms. The predicted octanol–water partition coefficient (Wildman–Crippen LogP) is 1.30. The number of hydrogen-bond donors (Lipinski definition) is 2. The maximum absolute atomic E-state index is 13.5. The molecule has 1 unspecified atom stereocenters. The normalized spacial score (nSPS) is 19.3. The van der Waals surface area contributed by atoms with Crippen molar-refractivity contribution in [1.29, 1.82) is 0 Å². The zero-order valence-corrected chi connectivity index (χ0v) is 20.5. The van der Waals surface area contributed by atoms with E-state index in [0.717, 1.165) is 16.5 Å². The van der Waals surface area contributed by atoms with Crippen LogP contribution in [0.2, 0.25) is 0 Å². The van der Waals surface area contributed by atoms with Crippen molar-refractivity contribution in [3.05, 3.63) is 63.4 Å². The number of ether oxygens (including phenoxy) is 2. The van der Waals surface area contributed by atoms with Crippen molar-refractivity contribution in [3.63, 3.8) is 0 Å². The lowest BCUT2D eigenvalue weighted by Gasteiger charge is -2.37. The van der Waals surface area contributed by atoms with Gasteiger partial charge in [0.1, 0.15) is 6.61 Å². The molecule has 4 N–H and O–H groups in total. The quantitative estimate of drug-likeness (QED) is 0.297. The first-order valence-corrected chi connectivity index (χ1v) is 11.2. The van der Waals surface area contributed by atoms with Crippen LogP contribution in [0, 0.1) is 0 Å². The summed E-state index contributed by atoms with van der Waals surface area (Å²) in [6.07, 6.45) is -0.0433. The molecule has 0 saturated heterocycles. The molecule has 188 valence electrons. The molecule has 0 bridgehead atoms. The minimum atomic E-state index is -2.08. The van der Waals surface area contributed by atoms with Gasteiger partial charge < -0.3 is 25.5 Å². The Hall–Kier alpha value is -3.60. The number of benzene rings is 1. The van der Waals surface area contributed by atoms with Crippen LogP contribution in [0.4, 0.5) is 0 Å². The lowest BCUT2D eigenvalue weighted by Crippen LogP contribution is -2.58. The third kappa shape index (κ3) is 3.52. The fraction of sp³-hybridized carbons (Fsp3) is 0.320. The topological polar surface area (TPSA) is 157 Å². The number of carbonyl (C=O) groups excluding carboxylic acids is 3. The number of Topliss-reactive ketones (excluding diaryl/α,β-unsaturated/α-hetero) is 1. The molecule has 0 aliphatic carbocycles. The van der Waals surface area contributed by atoms with Gasteiger partial charge in [-0.25, -0.2) is 14.6 Å². The number of para-hydroxylation sites is 1. The van der Waals surface area contributed by atoms with E-state index in [1.54, 1.807) is 17.6 Å². The van der Waals surface area contributed by atoms with E-state index in [1.165, 1.54) is 6.92 Å². The summed E-state index contributed by atoms with van der Waals surface area (Å²) in [6, 6.07) is 11.2. The minimum absolute atomic E-state index is 0. The highest BCUT2D eigenvalue weighted by Crippen LogP contribution is 2.41. The van der Waals surface area contributed by atoms with Gasteiger partial charge in [-0.3, -0.25) is 9.59 Å². The van der Waals surface area contributed by atoms with Crippen LogP contribution < -0.4 is 17.0 Å². The average molecular weight is 513 g/mol. The number of aromatic nitrogens is 2. The van der Waals surface area contributed by atoms with Gasteiger partial charge in [-0.1, -0.05) is 25.1 Å². The second-order valence-corrected chi connectivity index (χ2v) is 8.98. The van der Waals surface area contributed by atoms with E-state index < -0.39 is 35.4 Å². The Morgan fingerprint density at radius 1 is 1.25 bits per heavy atom. The number of ketones is 1. The van der Waals surface area contributed by atoms with E-state index in [2.05, 4.69) is 0 Å². The molecule has 0 fully saturated rings. The number of hydrogen-bond acceptors (Lipinski definition) is 9. The van der Waals surface area contributed by atoms with Gasteiger partial charge in [-0.15, -0.1) is 12.4 Å². The highest BCUT2D eigenvalue weighted by Gasteiger charge is 2.53. The molecule has 3 aromatic rings. The Balaban J connectivity index is 0.00000304. The van der Waals surface area contributed by atoms with Gasteiger partial charge in [-0.05, 0) is 31.5 Å². The number of esters is 2. The number of rotatable bonds is 5. The van der Waals surface area contributed by atoms with Crippen LogP contribution in [0.5, 0.6) is 0 Å². The fourth-order valence-electron chi connectivity index (χ4n) is 4.67. The van der Waals surface area contributed by atoms with Crippen molar-refractivity contribution in [1.82, 2.24) is 9.55 Å². The smallest absolute Gasteiger partial charge is 0.355 e. The molecular weight excluding hydrogens is 488 g/mol. The standard InChI is InChI=1S/C25H24N4O6.ClH/c1-3-25(35-22(32)24(2,27)19(30)10-26)16-9-18-20-14(8-13-6-4-5-7-17(13)28-20)11-29(18)21(31)15(16)12-34-23(25)33;/h4-9H,3,10-12,26-27H2,1-2H3;1H/t24?,25-;/m0./s1. The molecule has 0 amide bonds. The van der Waals surface area contributed by atoms with Crippen LogP contribution in [-0.4, -0.2) is 39.4 Å². The van der Waals surface area contributed by atoms with E-state index in [0.29, 0.717) is 17.9 Å². The van der Waals surface area contributed by atoms with Crippen molar-refractivity contribution in [3.8, 4) is 11.4 Å². The van der Waals surface area contributed by atoms with Gasteiger partial charge in [0.15, 0.2) is 11.3 Å². The number of carbonyl (C=O) groups is 3. The molecule has 2 aromatic heterocycles. The molecule has 0 saturated carbocycles. The largest absolute Gasteiger partial charge is 0.457 e. The molecule has 2 atom stereocenters. The molecule has 4 heterocycles. The maximum atomic E-state index is 13.5. The molecule has 0 spiro atoms. The molecular formula is C25H25ClN4O6. The Kier molecular flexibility index (Phi) is 6.24. The molecule has 1 aromatic carbocycles. The van der Waals surface area contributed by atoms with E-state index in [-0.39, 0.29) is 42.1 Å². The van der Waals surface area contributed by atoms with Gasteiger partial charge in [-0.2, -0.15) is 0 Å². The van der Waals surface area contributed by atoms with Crippen LogP contribution in [0.1, 0.15) is 37.0 Å². The van der Waals surface area contributed by atoms with Crippen molar-refractivity contribution in [2.75, 3.05) is 6.54 Å². The highest BCUT2D eigenvalue weighted by atomic mass is 35.5. The van der Waals surface area contributed by atoms with E-state index in [4.69, 9.17) is 25.9 Å². The van der Waals surface area contributed by atoms with Crippen molar-refractivity contribution in [2.24, 2.45) is 11.5 Å².